The molecule has 0 radical (unpaired) electrons. The summed E-state index contributed by atoms with van der Waals surface area (Å²) in [5, 5.41) is 9.11. The van der Waals surface area contributed by atoms with Crippen LogP contribution in [0.4, 0.5) is 0 Å². The molecule has 0 amide bonds. The van der Waals surface area contributed by atoms with Crippen molar-refractivity contribution in [2.24, 2.45) is 5.92 Å². The second kappa shape index (κ2) is 6.06. The van der Waals surface area contributed by atoms with Gasteiger partial charge >= 0.3 is 0 Å². The van der Waals surface area contributed by atoms with Crippen LogP contribution in [0.15, 0.2) is 42.5 Å². The van der Waals surface area contributed by atoms with Crippen molar-refractivity contribution < 1.29 is 5.11 Å². The van der Waals surface area contributed by atoms with E-state index in [2.05, 4.69) is 18.4 Å². The van der Waals surface area contributed by atoms with Crippen LogP contribution in [0.1, 0.15) is 18.9 Å². The summed E-state index contributed by atoms with van der Waals surface area (Å²) >= 11 is 0. The van der Waals surface area contributed by atoms with Gasteiger partial charge in [0.15, 0.2) is 0 Å². The predicted octanol–water partition coefficient (Wildman–Crippen LogP) is 2.61. The molecule has 1 nitrogen and oxygen atoms in total. The number of aliphatic hydroxyl groups is 1. The van der Waals surface area contributed by atoms with Crippen LogP contribution in [0.5, 0.6) is 0 Å². The van der Waals surface area contributed by atoms with Crippen LogP contribution in [-0.4, -0.2) is 11.7 Å². The highest BCUT2D eigenvalue weighted by molar-refractivity contribution is 5.34. The van der Waals surface area contributed by atoms with Gasteiger partial charge in [0.1, 0.15) is 0 Å². The van der Waals surface area contributed by atoms with Crippen LogP contribution in [0.25, 0.3) is 0 Å². The molecule has 0 heterocycles. The van der Waals surface area contributed by atoms with Crippen molar-refractivity contribution in [2.45, 2.75) is 13.3 Å². The summed E-state index contributed by atoms with van der Waals surface area (Å²) in [4.78, 5) is 0. The Morgan fingerprint density at radius 1 is 1.40 bits per heavy atom. The molecule has 78 valence electrons. The lowest BCUT2D eigenvalue weighted by molar-refractivity contribution is 0.256. The molecule has 1 atom stereocenters. The van der Waals surface area contributed by atoms with E-state index in [-0.39, 0.29) is 12.5 Å². The number of hydrogen-bond acceptors (Lipinski definition) is 1. The minimum Gasteiger partial charge on any atom is -0.395 e. The Bertz CT molecular complexity index is 367. The number of allylic oxidation sites excluding steroid dienone is 1. The average molecular weight is 200 g/mol. The quantitative estimate of drug-likeness (QED) is 0.587. The van der Waals surface area contributed by atoms with Crippen molar-refractivity contribution in [2.75, 3.05) is 6.61 Å². The van der Waals surface area contributed by atoms with Crippen molar-refractivity contribution in [1.82, 2.24) is 0 Å². The molecule has 1 heteroatoms. The van der Waals surface area contributed by atoms with E-state index in [4.69, 9.17) is 5.11 Å². The number of benzene rings is 1. The van der Waals surface area contributed by atoms with E-state index < -0.39 is 0 Å². The Kier molecular flexibility index (Phi) is 4.66. The number of hydrogen-bond donors (Lipinski definition) is 1. The molecule has 1 rings (SSSR count). The molecule has 0 aromatic heterocycles. The third-order valence-corrected chi connectivity index (χ3v) is 2.01. The van der Waals surface area contributed by atoms with Crippen molar-refractivity contribution >= 4 is 0 Å². The van der Waals surface area contributed by atoms with E-state index in [0.29, 0.717) is 0 Å². The molecule has 0 aliphatic heterocycles. The lowest BCUT2D eigenvalue weighted by atomic mass is 10.0. The highest BCUT2D eigenvalue weighted by atomic mass is 16.3. The van der Waals surface area contributed by atoms with Crippen molar-refractivity contribution in [3.05, 3.63) is 48.0 Å². The van der Waals surface area contributed by atoms with E-state index in [1.54, 1.807) is 0 Å². The van der Waals surface area contributed by atoms with Crippen molar-refractivity contribution in [3.63, 3.8) is 0 Å². The average Bonchev–Trinajstić information content (AvgIpc) is 2.25. The van der Waals surface area contributed by atoms with Crippen LogP contribution in [0.3, 0.4) is 0 Å². The first-order valence-corrected chi connectivity index (χ1v) is 5.04. The van der Waals surface area contributed by atoms with Gasteiger partial charge in [0.2, 0.25) is 0 Å². The normalized spacial score (nSPS) is 11.3. The molecule has 1 aromatic rings. The first-order chi connectivity index (χ1) is 7.22. The fourth-order valence-electron chi connectivity index (χ4n) is 1.29. The zero-order valence-electron chi connectivity index (χ0n) is 9.03. The maximum atomic E-state index is 9.11. The summed E-state index contributed by atoms with van der Waals surface area (Å²) < 4.78 is 0. The Hall–Kier alpha value is -1.52. The Morgan fingerprint density at radius 3 is 2.60 bits per heavy atom. The van der Waals surface area contributed by atoms with Gasteiger partial charge in [-0.1, -0.05) is 35.6 Å². The van der Waals surface area contributed by atoms with E-state index in [1.807, 2.05) is 37.3 Å². The zero-order chi connectivity index (χ0) is 11.1. The van der Waals surface area contributed by atoms with Gasteiger partial charge in [-0.25, -0.2) is 0 Å². The molecule has 0 fully saturated rings. The second-order valence-corrected chi connectivity index (χ2v) is 3.68. The summed E-state index contributed by atoms with van der Waals surface area (Å²) in [5.41, 5.74) is 2.04. The summed E-state index contributed by atoms with van der Waals surface area (Å²) in [5.74, 6) is 6.11. The fourth-order valence-corrected chi connectivity index (χ4v) is 1.29. The van der Waals surface area contributed by atoms with Gasteiger partial charge in [0.05, 0.1) is 6.61 Å². The maximum absolute atomic E-state index is 9.11. The van der Waals surface area contributed by atoms with Crippen LogP contribution >= 0.6 is 0 Å². The molecule has 0 aliphatic rings. The minimum absolute atomic E-state index is 0.00251. The molecule has 1 aromatic carbocycles. The standard InChI is InChI=1S/C14H16O/c1-12(2)10-14(11-15)9-8-13-6-4-3-5-7-13/h3-7,14-15H,1,10-11H2,2H3. The minimum atomic E-state index is 0.00251. The number of rotatable bonds is 3. The number of aliphatic hydroxyl groups excluding tert-OH is 1. The van der Waals surface area contributed by atoms with E-state index in [1.165, 1.54) is 0 Å². The maximum Gasteiger partial charge on any atom is 0.0572 e. The van der Waals surface area contributed by atoms with Gasteiger partial charge in [-0.3, -0.25) is 0 Å². The molecular weight excluding hydrogens is 184 g/mol. The molecule has 0 saturated heterocycles. The second-order valence-electron chi connectivity index (χ2n) is 3.68. The molecule has 15 heavy (non-hydrogen) atoms. The van der Waals surface area contributed by atoms with Crippen molar-refractivity contribution in [3.8, 4) is 11.8 Å². The monoisotopic (exact) mass is 200 g/mol. The molecular formula is C14H16O. The first-order valence-electron chi connectivity index (χ1n) is 5.04. The largest absolute Gasteiger partial charge is 0.395 e. The third kappa shape index (κ3) is 4.49. The molecule has 1 N–H and O–H groups in total. The molecule has 0 aliphatic carbocycles. The van der Waals surface area contributed by atoms with Gasteiger partial charge in [-0.05, 0) is 25.5 Å². The zero-order valence-corrected chi connectivity index (χ0v) is 9.03. The summed E-state index contributed by atoms with van der Waals surface area (Å²) in [6.45, 7) is 5.86. The van der Waals surface area contributed by atoms with Crippen LogP contribution in [0.2, 0.25) is 0 Å². The SMILES string of the molecule is C=C(C)CC(C#Cc1ccccc1)CO. The van der Waals surface area contributed by atoms with E-state index in [0.717, 1.165) is 17.6 Å². The third-order valence-electron chi connectivity index (χ3n) is 2.01. The molecule has 0 saturated carbocycles. The van der Waals surface area contributed by atoms with E-state index in [9.17, 15) is 0 Å². The lowest BCUT2D eigenvalue weighted by Gasteiger charge is -2.05. The van der Waals surface area contributed by atoms with Crippen LogP contribution < -0.4 is 0 Å². The molecule has 0 spiro atoms. The van der Waals surface area contributed by atoms with Gasteiger partial charge in [0.25, 0.3) is 0 Å². The van der Waals surface area contributed by atoms with Crippen LogP contribution in [-0.2, 0) is 0 Å². The Morgan fingerprint density at radius 2 is 2.07 bits per heavy atom. The summed E-state index contributed by atoms with van der Waals surface area (Å²) in [7, 11) is 0. The predicted molar refractivity (Wildman–Crippen MR) is 63.3 cm³/mol. The van der Waals surface area contributed by atoms with Crippen LogP contribution in [0, 0.1) is 17.8 Å². The highest BCUT2D eigenvalue weighted by Crippen LogP contribution is 2.08. The van der Waals surface area contributed by atoms with Gasteiger partial charge < -0.3 is 5.11 Å². The summed E-state index contributed by atoms with van der Waals surface area (Å²) in [6.07, 6.45) is 0.760. The summed E-state index contributed by atoms with van der Waals surface area (Å²) in [6, 6.07) is 9.79. The molecule has 1 unspecified atom stereocenters. The van der Waals surface area contributed by atoms with Crippen molar-refractivity contribution in [1.29, 1.82) is 0 Å². The lowest BCUT2D eigenvalue weighted by Crippen LogP contribution is -2.03. The smallest absolute Gasteiger partial charge is 0.0572 e. The Balaban J connectivity index is 2.66. The Labute approximate surface area is 91.5 Å². The fraction of sp³-hybridized carbons (Fsp3) is 0.286. The van der Waals surface area contributed by atoms with Gasteiger partial charge in [-0.2, -0.15) is 0 Å². The highest BCUT2D eigenvalue weighted by Gasteiger charge is 2.02. The van der Waals surface area contributed by atoms with E-state index >= 15 is 0 Å². The van der Waals surface area contributed by atoms with Gasteiger partial charge in [0, 0.05) is 11.5 Å². The van der Waals surface area contributed by atoms with Gasteiger partial charge in [-0.15, -0.1) is 6.58 Å². The first kappa shape index (κ1) is 11.6. The topological polar surface area (TPSA) is 20.2 Å². The molecule has 0 bridgehead atoms.